The van der Waals surface area contributed by atoms with Crippen molar-refractivity contribution in [3.05, 3.63) is 48.0 Å². The normalized spacial score (nSPS) is 16.5. The van der Waals surface area contributed by atoms with Gasteiger partial charge in [-0.2, -0.15) is 13.2 Å². The van der Waals surface area contributed by atoms with E-state index in [9.17, 15) is 13.2 Å². The number of rotatable bonds is 6. The van der Waals surface area contributed by atoms with Gasteiger partial charge in [0.15, 0.2) is 0 Å². The summed E-state index contributed by atoms with van der Waals surface area (Å²) < 4.78 is 37.7. The predicted molar refractivity (Wildman–Crippen MR) is 77.7 cm³/mol. The molecule has 20 heavy (non-hydrogen) atoms. The Hall–Kier alpha value is -1.25. The van der Waals surface area contributed by atoms with Crippen LogP contribution in [0, 0.1) is 5.41 Å². The topological polar surface area (TPSA) is 0 Å². The average molecular weight is 284 g/mol. The van der Waals surface area contributed by atoms with Crippen molar-refractivity contribution >= 4 is 0 Å². The van der Waals surface area contributed by atoms with Gasteiger partial charge in [-0.15, -0.1) is 6.58 Å². The maximum Gasteiger partial charge on any atom is 0.416 e. The van der Waals surface area contributed by atoms with Crippen molar-refractivity contribution in [2.45, 2.75) is 52.1 Å². The van der Waals surface area contributed by atoms with Crippen LogP contribution in [0.15, 0.2) is 36.9 Å². The molecule has 0 nitrogen and oxygen atoms in total. The fourth-order valence-corrected chi connectivity index (χ4v) is 2.76. The largest absolute Gasteiger partial charge is 0.416 e. The van der Waals surface area contributed by atoms with Crippen molar-refractivity contribution in [3.63, 3.8) is 0 Å². The van der Waals surface area contributed by atoms with Crippen molar-refractivity contribution in [2.75, 3.05) is 0 Å². The summed E-state index contributed by atoms with van der Waals surface area (Å²) in [7, 11) is 0. The Kier molecular flexibility index (Phi) is 5.43. The lowest BCUT2D eigenvalue weighted by atomic mass is 9.69. The van der Waals surface area contributed by atoms with E-state index in [1.807, 2.05) is 6.08 Å². The highest BCUT2D eigenvalue weighted by Gasteiger charge is 2.32. The Balaban J connectivity index is 3.01. The quantitative estimate of drug-likeness (QED) is 0.546. The van der Waals surface area contributed by atoms with Crippen LogP contribution >= 0.6 is 0 Å². The summed E-state index contributed by atoms with van der Waals surface area (Å²) in [5.41, 5.74) is 0.404. The molecule has 2 atom stereocenters. The van der Waals surface area contributed by atoms with Gasteiger partial charge in [-0.1, -0.05) is 45.4 Å². The minimum atomic E-state index is -4.27. The molecule has 0 N–H and O–H groups in total. The number of halogens is 3. The Morgan fingerprint density at radius 1 is 1.20 bits per heavy atom. The van der Waals surface area contributed by atoms with Crippen LogP contribution in [0.3, 0.4) is 0 Å². The van der Waals surface area contributed by atoms with E-state index in [0.717, 1.165) is 24.8 Å². The number of hydrogen-bond donors (Lipinski definition) is 0. The molecule has 0 aromatic heterocycles. The van der Waals surface area contributed by atoms with Crippen LogP contribution in [0.25, 0.3) is 0 Å². The second-order valence-electron chi connectivity index (χ2n) is 5.74. The van der Waals surface area contributed by atoms with Gasteiger partial charge in [0.1, 0.15) is 0 Å². The number of allylic oxidation sites excluding steroid dienone is 1. The lowest BCUT2D eigenvalue weighted by molar-refractivity contribution is -0.137. The SMILES string of the molecule is C=CCC(C)(CCC)C(C)c1ccc(C(F)(F)F)cc1. The fourth-order valence-electron chi connectivity index (χ4n) is 2.76. The van der Waals surface area contributed by atoms with Gasteiger partial charge in [0, 0.05) is 0 Å². The monoisotopic (exact) mass is 284 g/mol. The summed E-state index contributed by atoms with van der Waals surface area (Å²) in [6.45, 7) is 10.2. The van der Waals surface area contributed by atoms with E-state index in [0.29, 0.717) is 0 Å². The second kappa shape index (κ2) is 6.47. The second-order valence-corrected chi connectivity index (χ2v) is 5.74. The molecule has 0 aliphatic rings. The highest BCUT2D eigenvalue weighted by molar-refractivity contribution is 5.28. The molecule has 0 fully saturated rings. The maximum absolute atomic E-state index is 12.6. The standard InChI is InChI=1S/C17H23F3/c1-5-11-16(4,12-6-2)13(3)14-7-9-15(10-8-14)17(18,19)20/h5,7-10,13H,1,6,11-12H2,2-4H3. The van der Waals surface area contributed by atoms with Gasteiger partial charge >= 0.3 is 6.18 Å². The third kappa shape index (κ3) is 3.87. The first-order valence-corrected chi connectivity index (χ1v) is 7.02. The molecule has 0 amide bonds. The molecule has 0 heterocycles. The van der Waals surface area contributed by atoms with Crippen LogP contribution in [0.5, 0.6) is 0 Å². The van der Waals surface area contributed by atoms with E-state index in [1.165, 1.54) is 12.1 Å². The number of hydrogen-bond acceptors (Lipinski definition) is 0. The van der Waals surface area contributed by atoms with Crippen molar-refractivity contribution in [1.82, 2.24) is 0 Å². The molecule has 3 heteroatoms. The molecule has 112 valence electrons. The van der Waals surface area contributed by atoms with Gasteiger partial charge in [-0.3, -0.25) is 0 Å². The lowest BCUT2D eigenvalue weighted by Crippen LogP contribution is -2.23. The van der Waals surface area contributed by atoms with Crippen LogP contribution in [-0.4, -0.2) is 0 Å². The molecule has 0 bridgehead atoms. The van der Waals surface area contributed by atoms with Crippen LogP contribution in [0.1, 0.15) is 57.1 Å². The summed E-state index contributed by atoms with van der Waals surface area (Å²) in [6, 6.07) is 5.55. The highest BCUT2D eigenvalue weighted by Crippen LogP contribution is 2.43. The van der Waals surface area contributed by atoms with Crippen LogP contribution in [-0.2, 0) is 6.18 Å². The maximum atomic E-state index is 12.6. The molecule has 1 aromatic rings. The Morgan fingerprint density at radius 3 is 2.15 bits per heavy atom. The zero-order valence-electron chi connectivity index (χ0n) is 12.4. The van der Waals surface area contributed by atoms with Crippen LogP contribution in [0.2, 0.25) is 0 Å². The van der Waals surface area contributed by atoms with Gasteiger partial charge in [-0.25, -0.2) is 0 Å². The molecule has 0 aliphatic carbocycles. The minimum Gasteiger partial charge on any atom is -0.166 e. The fraction of sp³-hybridized carbons (Fsp3) is 0.529. The first-order chi connectivity index (χ1) is 9.24. The molecule has 1 aromatic carbocycles. The van der Waals surface area contributed by atoms with Crippen molar-refractivity contribution in [3.8, 4) is 0 Å². The van der Waals surface area contributed by atoms with Gasteiger partial charge in [0.05, 0.1) is 5.56 Å². The third-order valence-corrected chi connectivity index (χ3v) is 4.22. The van der Waals surface area contributed by atoms with Gasteiger partial charge in [-0.05, 0) is 41.9 Å². The lowest BCUT2D eigenvalue weighted by Gasteiger charge is -2.35. The Bertz CT molecular complexity index is 431. The highest BCUT2D eigenvalue weighted by atomic mass is 19.4. The zero-order chi connectivity index (χ0) is 15.4. The van der Waals surface area contributed by atoms with E-state index in [1.54, 1.807) is 12.1 Å². The summed E-state index contributed by atoms with van der Waals surface area (Å²) in [5.74, 6) is 0.197. The third-order valence-electron chi connectivity index (χ3n) is 4.22. The van der Waals surface area contributed by atoms with E-state index in [-0.39, 0.29) is 11.3 Å². The number of benzene rings is 1. The summed E-state index contributed by atoms with van der Waals surface area (Å²) in [4.78, 5) is 0. The summed E-state index contributed by atoms with van der Waals surface area (Å²) in [6.07, 6.45) is 0.575. The molecular formula is C17H23F3. The molecule has 0 saturated heterocycles. The van der Waals surface area contributed by atoms with Crippen molar-refractivity contribution in [2.24, 2.45) is 5.41 Å². The van der Waals surface area contributed by atoms with E-state index >= 15 is 0 Å². The average Bonchev–Trinajstić information content (AvgIpc) is 2.37. The molecule has 0 saturated carbocycles. The van der Waals surface area contributed by atoms with Crippen LogP contribution in [0.4, 0.5) is 13.2 Å². The molecule has 1 rings (SSSR count). The molecule has 0 spiro atoms. The number of alkyl halides is 3. The van der Waals surface area contributed by atoms with E-state index in [2.05, 4.69) is 27.4 Å². The predicted octanol–water partition coefficient (Wildman–Crippen LogP) is 6.19. The molecular weight excluding hydrogens is 261 g/mol. The first kappa shape index (κ1) is 16.8. The van der Waals surface area contributed by atoms with E-state index < -0.39 is 11.7 Å². The zero-order valence-corrected chi connectivity index (χ0v) is 12.4. The molecule has 2 unspecified atom stereocenters. The Morgan fingerprint density at radius 2 is 1.75 bits per heavy atom. The minimum absolute atomic E-state index is 0.0379. The summed E-state index contributed by atoms with van der Waals surface area (Å²) in [5, 5.41) is 0. The molecule has 0 radical (unpaired) electrons. The van der Waals surface area contributed by atoms with Crippen molar-refractivity contribution in [1.29, 1.82) is 0 Å². The Labute approximate surface area is 119 Å². The van der Waals surface area contributed by atoms with Gasteiger partial charge in [0.25, 0.3) is 0 Å². The molecule has 0 aliphatic heterocycles. The van der Waals surface area contributed by atoms with Crippen molar-refractivity contribution < 1.29 is 13.2 Å². The van der Waals surface area contributed by atoms with Gasteiger partial charge in [0.2, 0.25) is 0 Å². The van der Waals surface area contributed by atoms with Crippen LogP contribution < -0.4 is 0 Å². The summed E-state index contributed by atoms with van der Waals surface area (Å²) >= 11 is 0. The van der Waals surface area contributed by atoms with E-state index in [4.69, 9.17) is 0 Å². The smallest absolute Gasteiger partial charge is 0.166 e. The first-order valence-electron chi connectivity index (χ1n) is 7.02. The van der Waals surface area contributed by atoms with Gasteiger partial charge < -0.3 is 0 Å².